The molecule has 16 heavy (non-hydrogen) atoms. The van der Waals surface area contributed by atoms with E-state index in [1.165, 1.54) is 20.3 Å². The molecule has 0 aliphatic heterocycles. The Bertz CT molecular complexity index is 374. The highest BCUT2D eigenvalue weighted by Gasteiger charge is 2.25. The van der Waals surface area contributed by atoms with E-state index in [0.717, 1.165) is 0 Å². The molecule has 90 valence electrons. The van der Waals surface area contributed by atoms with Crippen LogP contribution in [0, 0.1) is 0 Å². The minimum atomic E-state index is -2.66. The number of halogens is 4. The van der Waals surface area contributed by atoms with Crippen molar-refractivity contribution in [3.05, 3.63) is 22.2 Å². The van der Waals surface area contributed by atoms with E-state index in [1.807, 2.05) is 0 Å². The van der Waals surface area contributed by atoms with Crippen molar-refractivity contribution in [3.63, 3.8) is 0 Å². The zero-order chi connectivity index (χ0) is 12.3. The molecule has 1 aromatic carbocycles. The van der Waals surface area contributed by atoms with Crippen LogP contribution in [0.5, 0.6) is 11.5 Å². The Morgan fingerprint density at radius 1 is 1.25 bits per heavy atom. The van der Waals surface area contributed by atoms with Gasteiger partial charge in [0.2, 0.25) is 0 Å². The molecule has 1 atom stereocenters. The Balaban J connectivity index is 3.25. The molecule has 0 N–H and O–H groups in total. The number of hydrogen-bond acceptors (Lipinski definition) is 2. The van der Waals surface area contributed by atoms with E-state index in [1.54, 1.807) is 6.07 Å². The van der Waals surface area contributed by atoms with E-state index in [-0.39, 0.29) is 11.3 Å². The van der Waals surface area contributed by atoms with Gasteiger partial charge in [0.15, 0.2) is 0 Å². The molecule has 0 saturated carbocycles. The summed E-state index contributed by atoms with van der Waals surface area (Å²) in [7, 11) is 2.86. The van der Waals surface area contributed by atoms with Gasteiger partial charge < -0.3 is 9.47 Å². The molecular weight excluding hydrogens is 305 g/mol. The van der Waals surface area contributed by atoms with Crippen molar-refractivity contribution >= 4 is 27.5 Å². The van der Waals surface area contributed by atoms with Crippen LogP contribution in [-0.4, -0.2) is 20.6 Å². The summed E-state index contributed by atoms with van der Waals surface area (Å²) in [6.07, 6.45) is -2.66. The number of methoxy groups -OCH3 is 2. The second-order valence-corrected chi connectivity index (χ2v) is 4.20. The van der Waals surface area contributed by atoms with Crippen molar-refractivity contribution in [2.45, 2.75) is 11.8 Å². The molecule has 0 aliphatic carbocycles. The van der Waals surface area contributed by atoms with Crippen LogP contribution in [0.15, 0.2) is 16.6 Å². The van der Waals surface area contributed by atoms with E-state index in [9.17, 15) is 8.78 Å². The summed E-state index contributed by atoms with van der Waals surface area (Å²) < 4.78 is 35.6. The van der Waals surface area contributed by atoms with Gasteiger partial charge in [0.05, 0.1) is 14.2 Å². The third-order valence-electron chi connectivity index (χ3n) is 2.03. The van der Waals surface area contributed by atoms with Gasteiger partial charge in [0.25, 0.3) is 6.43 Å². The lowest BCUT2D eigenvalue weighted by molar-refractivity contribution is 0.141. The second-order valence-electron chi connectivity index (χ2n) is 2.94. The van der Waals surface area contributed by atoms with E-state index >= 15 is 0 Å². The van der Waals surface area contributed by atoms with Crippen molar-refractivity contribution in [1.82, 2.24) is 0 Å². The van der Waals surface area contributed by atoms with E-state index in [0.29, 0.717) is 10.2 Å². The summed E-state index contributed by atoms with van der Waals surface area (Å²) in [5, 5.41) is -1.41. The summed E-state index contributed by atoms with van der Waals surface area (Å²) >= 11 is 8.82. The lowest BCUT2D eigenvalue weighted by Gasteiger charge is -2.16. The Morgan fingerprint density at radius 3 is 2.31 bits per heavy atom. The van der Waals surface area contributed by atoms with Crippen molar-refractivity contribution in [1.29, 1.82) is 0 Å². The predicted molar refractivity (Wildman–Crippen MR) is 61.8 cm³/mol. The third-order valence-corrected chi connectivity index (χ3v) is 3.21. The number of alkyl halides is 3. The second kappa shape index (κ2) is 5.68. The van der Waals surface area contributed by atoms with Crippen LogP contribution in [-0.2, 0) is 0 Å². The van der Waals surface area contributed by atoms with Gasteiger partial charge in [-0.1, -0.05) is 0 Å². The smallest absolute Gasteiger partial charge is 0.258 e. The number of ether oxygens (including phenoxy) is 2. The molecule has 0 aliphatic rings. The first kappa shape index (κ1) is 13.5. The highest BCUT2D eigenvalue weighted by Crippen LogP contribution is 2.42. The zero-order valence-electron chi connectivity index (χ0n) is 8.64. The fourth-order valence-electron chi connectivity index (χ4n) is 1.27. The van der Waals surface area contributed by atoms with Crippen LogP contribution in [0.3, 0.4) is 0 Å². The maximum Gasteiger partial charge on any atom is 0.258 e. The first-order valence-corrected chi connectivity index (χ1v) is 5.58. The SMILES string of the molecule is COc1ccc(C(Cl)C(F)F)c(OC)c1Br. The molecule has 1 aromatic rings. The highest BCUT2D eigenvalue weighted by molar-refractivity contribution is 9.10. The zero-order valence-corrected chi connectivity index (χ0v) is 11.0. The fraction of sp³-hybridized carbons (Fsp3) is 0.400. The Morgan fingerprint density at radius 2 is 1.88 bits per heavy atom. The highest BCUT2D eigenvalue weighted by atomic mass is 79.9. The lowest BCUT2D eigenvalue weighted by atomic mass is 10.1. The standard InChI is InChI=1S/C10H10BrClF2O2/c1-15-6-4-3-5(8(12)10(13)14)9(16-2)7(6)11/h3-4,8,10H,1-2H3. The Labute approximate surface area is 106 Å². The quantitative estimate of drug-likeness (QED) is 0.782. The van der Waals surface area contributed by atoms with Crippen molar-refractivity contribution in [2.75, 3.05) is 14.2 Å². The summed E-state index contributed by atoms with van der Waals surface area (Å²) in [5.41, 5.74) is 0.229. The van der Waals surface area contributed by atoms with Crippen LogP contribution in [0.2, 0.25) is 0 Å². The van der Waals surface area contributed by atoms with Gasteiger partial charge in [0.1, 0.15) is 21.3 Å². The number of rotatable bonds is 4. The molecule has 2 nitrogen and oxygen atoms in total. The average Bonchev–Trinajstić information content (AvgIpc) is 2.27. The van der Waals surface area contributed by atoms with Crippen LogP contribution in [0.4, 0.5) is 8.78 Å². The van der Waals surface area contributed by atoms with Gasteiger partial charge in [-0.3, -0.25) is 0 Å². The van der Waals surface area contributed by atoms with Gasteiger partial charge in [-0.15, -0.1) is 11.6 Å². The molecule has 1 rings (SSSR count). The Hall–Kier alpha value is -0.550. The first-order chi connectivity index (χ1) is 7.52. The molecular formula is C10H10BrClF2O2. The molecule has 0 aromatic heterocycles. The summed E-state index contributed by atoms with van der Waals surface area (Å²) in [5.74, 6) is 0.762. The lowest BCUT2D eigenvalue weighted by Crippen LogP contribution is -2.05. The normalized spacial score (nSPS) is 12.7. The molecule has 6 heteroatoms. The van der Waals surface area contributed by atoms with Crippen LogP contribution in [0.1, 0.15) is 10.9 Å². The molecule has 0 bridgehead atoms. The van der Waals surface area contributed by atoms with Gasteiger partial charge >= 0.3 is 0 Å². The van der Waals surface area contributed by atoms with Crippen molar-refractivity contribution < 1.29 is 18.3 Å². The molecule has 0 heterocycles. The van der Waals surface area contributed by atoms with E-state index < -0.39 is 11.8 Å². The summed E-state index contributed by atoms with van der Waals surface area (Å²) in [6, 6.07) is 3.02. The van der Waals surface area contributed by atoms with E-state index in [4.69, 9.17) is 21.1 Å². The number of hydrogen-bond donors (Lipinski definition) is 0. The number of benzene rings is 1. The largest absolute Gasteiger partial charge is 0.495 e. The van der Waals surface area contributed by atoms with Crippen molar-refractivity contribution in [3.8, 4) is 11.5 Å². The Kier molecular flexibility index (Phi) is 4.80. The monoisotopic (exact) mass is 314 g/mol. The maximum absolute atomic E-state index is 12.5. The van der Waals surface area contributed by atoms with Gasteiger partial charge in [-0.05, 0) is 28.1 Å². The summed E-state index contributed by atoms with van der Waals surface area (Å²) in [4.78, 5) is 0. The molecule has 0 saturated heterocycles. The van der Waals surface area contributed by atoms with Crippen molar-refractivity contribution in [2.24, 2.45) is 0 Å². The maximum atomic E-state index is 12.5. The van der Waals surface area contributed by atoms with Crippen LogP contribution >= 0.6 is 27.5 Å². The van der Waals surface area contributed by atoms with Gasteiger partial charge in [0, 0.05) is 5.56 Å². The molecule has 0 spiro atoms. The summed E-state index contributed by atoms with van der Waals surface area (Å²) in [6.45, 7) is 0. The van der Waals surface area contributed by atoms with Gasteiger partial charge in [-0.25, -0.2) is 8.78 Å². The first-order valence-electron chi connectivity index (χ1n) is 4.35. The minimum absolute atomic E-state index is 0.229. The van der Waals surface area contributed by atoms with Crippen LogP contribution < -0.4 is 9.47 Å². The topological polar surface area (TPSA) is 18.5 Å². The van der Waals surface area contributed by atoms with Gasteiger partial charge in [-0.2, -0.15) is 0 Å². The fourth-order valence-corrected chi connectivity index (χ4v) is 2.13. The van der Waals surface area contributed by atoms with Crippen LogP contribution in [0.25, 0.3) is 0 Å². The molecule has 0 amide bonds. The third kappa shape index (κ3) is 2.58. The predicted octanol–water partition coefficient (Wildman–Crippen LogP) is 4.01. The average molecular weight is 316 g/mol. The minimum Gasteiger partial charge on any atom is -0.495 e. The molecule has 1 unspecified atom stereocenters. The van der Waals surface area contributed by atoms with E-state index in [2.05, 4.69) is 15.9 Å². The molecule has 0 fully saturated rings. The molecule has 0 radical (unpaired) electrons.